The summed E-state index contributed by atoms with van der Waals surface area (Å²) in [5.74, 6) is 0.843. The Morgan fingerprint density at radius 3 is 2.37 bits per heavy atom. The minimum atomic E-state index is -0.744. The summed E-state index contributed by atoms with van der Waals surface area (Å²) >= 11 is 0. The van der Waals surface area contributed by atoms with Gasteiger partial charge in [-0.15, -0.1) is 0 Å². The zero-order valence-corrected chi connectivity index (χ0v) is 16.7. The number of hydrogen-bond acceptors (Lipinski definition) is 5. The lowest BCUT2D eigenvalue weighted by Crippen LogP contribution is -2.48. The van der Waals surface area contributed by atoms with Crippen molar-refractivity contribution in [3.8, 4) is 11.5 Å². The molecule has 7 heteroatoms. The predicted octanol–water partition coefficient (Wildman–Crippen LogP) is 2.82. The van der Waals surface area contributed by atoms with Crippen LogP contribution in [0.2, 0.25) is 0 Å². The van der Waals surface area contributed by atoms with Gasteiger partial charge in [0.2, 0.25) is 5.91 Å². The monoisotopic (exact) mass is 408 g/mol. The van der Waals surface area contributed by atoms with E-state index in [1.165, 1.54) is 6.26 Å². The van der Waals surface area contributed by atoms with Crippen molar-refractivity contribution in [1.29, 1.82) is 0 Å². The Morgan fingerprint density at radius 1 is 0.967 bits per heavy atom. The number of hydrogen-bond donors (Lipinski definition) is 2. The van der Waals surface area contributed by atoms with Crippen molar-refractivity contribution in [2.45, 2.75) is 12.5 Å². The molecule has 0 aliphatic carbocycles. The van der Waals surface area contributed by atoms with Crippen LogP contribution in [0.3, 0.4) is 0 Å². The molecule has 1 aromatic heterocycles. The molecule has 0 unspecified atom stereocenters. The molecule has 0 radical (unpaired) electrons. The van der Waals surface area contributed by atoms with Gasteiger partial charge in [0.15, 0.2) is 5.76 Å². The number of amides is 2. The number of benzene rings is 2. The smallest absolute Gasteiger partial charge is 0.287 e. The van der Waals surface area contributed by atoms with Crippen molar-refractivity contribution in [3.05, 3.63) is 84.3 Å². The van der Waals surface area contributed by atoms with Crippen LogP contribution in [0, 0.1) is 0 Å². The molecule has 0 bridgehead atoms. The molecule has 30 heavy (non-hydrogen) atoms. The van der Waals surface area contributed by atoms with Crippen LogP contribution in [0.15, 0.2) is 77.4 Å². The molecular formula is C23H24N2O5. The van der Waals surface area contributed by atoms with Crippen LogP contribution in [0.25, 0.3) is 0 Å². The Kier molecular flexibility index (Phi) is 7.49. The van der Waals surface area contributed by atoms with Gasteiger partial charge in [0, 0.05) is 6.42 Å². The Bertz CT molecular complexity index is 924. The topological polar surface area (TPSA) is 89.8 Å². The van der Waals surface area contributed by atoms with Crippen molar-refractivity contribution in [3.63, 3.8) is 0 Å². The van der Waals surface area contributed by atoms with Crippen molar-refractivity contribution in [2.24, 2.45) is 0 Å². The van der Waals surface area contributed by atoms with Crippen LogP contribution >= 0.6 is 0 Å². The quantitative estimate of drug-likeness (QED) is 0.504. The number of furan rings is 1. The van der Waals surface area contributed by atoms with Gasteiger partial charge >= 0.3 is 0 Å². The third-order valence-electron chi connectivity index (χ3n) is 4.38. The maximum Gasteiger partial charge on any atom is 0.287 e. The van der Waals surface area contributed by atoms with Crippen molar-refractivity contribution in [1.82, 2.24) is 10.6 Å². The molecule has 7 nitrogen and oxygen atoms in total. The van der Waals surface area contributed by atoms with Crippen molar-refractivity contribution < 1.29 is 23.5 Å². The van der Waals surface area contributed by atoms with E-state index >= 15 is 0 Å². The molecule has 156 valence electrons. The normalized spacial score (nSPS) is 11.4. The second-order valence-corrected chi connectivity index (χ2v) is 6.51. The van der Waals surface area contributed by atoms with Crippen LogP contribution in [-0.4, -0.2) is 38.1 Å². The van der Waals surface area contributed by atoms with Crippen LogP contribution in [-0.2, 0) is 11.2 Å². The number of rotatable bonds is 10. The molecule has 0 aliphatic heterocycles. The maximum atomic E-state index is 12.7. The van der Waals surface area contributed by atoms with Gasteiger partial charge in [-0.3, -0.25) is 9.59 Å². The lowest BCUT2D eigenvalue weighted by atomic mass is 10.1. The van der Waals surface area contributed by atoms with Gasteiger partial charge in [0.05, 0.1) is 19.9 Å². The average molecular weight is 408 g/mol. The number of methoxy groups -OCH3 is 1. The molecule has 1 heterocycles. The summed E-state index contributed by atoms with van der Waals surface area (Å²) < 4.78 is 15.8. The van der Waals surface area contributed by atoms with E-state index in [0.29, 0.717) is 25.3 Å². The Morgan fingerprint density at radius 2 is 1.70 bits per heavy atom. The number of carbonyl (C=O) groups is 2. The van der Waals surface area contributed by atoms with E-state index in [1.807, 2.05) is 30.3 Å². The van der Waals surface area contributed by atoms with E-state index in [0.717, 1.165) is 11.3 Å². The zero-order chi connectivity index (χ0) is 21.2. The molecule has 2 amide bonds. The van der Waals surface area contributed by atoms with E-state index in [1.54, 1.807) is 43.5 Å². The Labute approximate surface area is 175 Å². The third kappa shape index (κ3) is 6.13. The SMILES string of the molecule is COc1ccc(OCCNC(=O)[C@H](Cc2ccccc2)NC(=O)c2ccco2)cc1. The van der Waals surface area contributed by atoms with Gasteiger partial charge in [0.25, 0.3) is 5.91 Å². The molecule has 3 rings (SSSR count). The van der Waals surface area contributed by atoms with Crippen LogP contribution in [0.5, 0.6) is 11.5 Å². The fourth-order valence-corrected chi connectivity index (χ4v) is 2.83. The lowest BCUT2D eigenvalue weighted by Gasteiger charge is -2.18. The molecule has 0 fully saturated rings. The first-order chi connectivity index (χ1) is 14.7. The standard InChI is InChI=1S/C23H24N2O5/c1-28-18-9-11-19(12-10-18)29-15-13-24-22(26)20(16-17-6-3-2-4-7-17)25-23(27)21-8-5-14-30-21/h2-12,14,20H,13,15-16H2,1H3,(H,24,26)(H,25,27)/t20-/m0/s1. The minimum Gasteiger partial charge on any atom is -0.497 e. The van der Waals surface area contributed by atoms with Gasteiger partial charge in [-0.25, -0.2) is 0 Å². The number of ether oxygens (including phenoxy) is 2. The molecule has 3 aromatic rings. The summed E-state index contributed by atoms with van der Waals surface area (Å²) in [6, 6.07) is 19.1. The lowest BCUT2D eigenvalue weighted by molar-refractivity contribution is -0.123. The summed E-state index contributed by atoms with van der Waals surface area (Å²) in [7, 11) is 1.60. The summed E-state index contributed by atoms with van der Waals surface area (Å²) in [4.78, 5) is 25.1. The second-order valence-electron chi connectivity index (χ2n) is 6.51. The first-order valence-corrected chi connectivity index (χ1v) is 9.58. The molecule has 2 N–H and O–H groups in total. The van der Waals surface area contributed by atoms with Crippen LogP contribution in [0.1, 0.15) is 16.1 Å². The number of carbonyl (C=O) groups excluding carboxylic acids is 2. The Balaban J connectivity index is 1.54. The molecular weight excluding hydrogens is 384 g/mol. The van der Waals surface area contributed by atoms with E-state index in [4.69, 9.17) is 13.9 Å². The van der Waals surface area contributed by atoms with Crippen molar-refractivity contribution in [2.75, 3.05) is 20.3 Å². The highest BCUT2D eigenvalue weighted by Crippen LogP contribution is 2.16. The van der Waals surface area contributed by atoms with E-state index in [-0.39, 0.29) is 11.7 Å². The highest BCUT2D eigenvalue weighted by molar-refractivity contribution is 5.95. The van der Waals surface area contributed by atoms with Crippen LogP contribution in [0.4, 0.5) is 0 Å². The fourth-order valence-electron chi connectivity index (χ4n) is 2.83. The highest BCUT2D eigenvalue weighted by Gasteiger charge is 2.22. The van der Waals surface area contributed by atoms with E-state index in [9.17, 15) is 9.59 Å². The molecule has 0 aliphatic rings. The fraction of sp³-hybridized carbons (Fsp3) is 0.217. The average Bonchev–Trinajstić information content (AvgIpc) is 3.32. The first-order valence-electron chi connectivity index (χ1n) is 9.58. The summed E-state index contributed by atoms with van der Waals surface area (Å²) in [6.07, 6.45) is 1.77. The minimum absolute atomic E-state index is 0.156. The molecule has 0 saturated carbocycles. The summed E-state index contributed by atoms with van der Waals surface area (Å²) in [5, 5.41) is 5.55. The van der Waals surface area contributed by atoms with Gasteiger partial charge in [-0.1, -0.05) is 30.3 Å². The van der Waals surface area contributed by atoms with E-state index < -0.39 is 11.9 Å². The largest absolute Gasteiger partial charge is 0.497 e. The number of nitrogens with one attached hydrogen (secondary N) is 2. The van der Waals surface area contributed by atoms with Crippen LogP contribution < -0.4 is 20.1 Å². The van der Waals surface area contributed by atoms with Gasteiger partial charge in [-0.2, -0.15) is 0 Å². The second kappa shape index (κ2) is 10.7. The van der Waals surface area contributed by atoms with Gasteiger partial charge in [-0.05, 0) is 42.0 Å². The Hall–Kier alpha value is -3.74. The van der Waals surface area contributed by atoms with E-state index in [2.05, 4.69) is 10.6 Å². The predicted molar refractivity (Wildman–Crippen MR) is 112 cm³/mol. The zero-order valence-electron chi connectivity index (χ0n) is 16.7. The maximum absolute atomic E-state index is 12.7. The summed E-state index contributed by atoms with van der Waals surface area (Å²) in [5.41, 5.74) is 0.937. The molecule has 1 atom stereocenters. The molecule has 0 saturated heterocycles. The summed E-state index contributed by atoms with van der Waals surface area (Å²) in [6.45, 7) is 0.592. The van der Waals surface area contributed by atoms with Gasteiger partial charge in [0.1, 0.15) is 24.1 Å². The molecule has 0 spiro atoms. The first kappa shape index (κ1) is 21.0. The molecule has 2 aromatic carbocycles. The highest BCUT2D eigenvalue weighted by atomic mass is 16.5. The van der Waals surface area contributed by atoms with Gasteiger partial charge < -0.3 is 24.5 Å². The third-order valence-corrected chi connectivity index (χ3v) is 4.38. The van der Waals surface area contributed by atoms with Crippen molar-refractivity contribution >= 4 is 11.8 Å².